The summed E-state index contributed by atoms with van der Waals surface area (Å²) in [4.78, 5) is 16.8. The second-order valence-electron chi connectivity index (χ2n) is 8.12. The van der Waals surface area contributed by atoms with Gasteiger partial charge in [-0.3, -0.25) is 4.79 Å². The van der Waals surface area contributed by atoms with Crippen LogP contribution in [0, 0.1) is 11.1 Å². The van der Waals surface area contributed by atoms with Gasteiger partial charge < -0.3 is 15.0 Å². The van der Waals surface area contributed by atoms with Crippen LogP contribution in [0.15, 0.2) is 42.1 Å². The van der Waals surface area contributed by atoms with E-state index in [1.54, 1.807) is 11.0 Å². The molecule has 2 aliphatic rings. The molecule has 1 aromatic rings. The van der Waals surface area contributed by atoms with Crippen LogP contribution in [0.5, 0.6) is 0 Å². The molecule has 0 saturated carbocycles. The van der Waals surface area contributed by atoms with Gasteiger partial charge in [-0.05, 0) is 31.1 Å². The van der Waals surface area contributed by atoms with Gasteiger partial charge in [-0.15, -0.1) is 12.4 Å². The second-order valence-corrected chi connectivity index (χ2v) is 10.2. The van der Waals surface area contributed by atoms with Crippen molar-refractivity contribution < 1.29 is 17.3 Å². The number of hydrogen-bond donors (Lipinski definition) is 0. The number of para-hydroxylation sites is 1. The number of carbonyl (C=O) groups excluding carboxylic acids is 1. The van der Waals surface area contributed by atoms with Crippen molar-refractivity contribution in [2.75, 3.05) is 37.8 Å². The summed E-state index contributed by atoms with van der Waals surface area (Å²) in [5.41, 5.74) is 1.44. The first-order chi connectivity index (χ1) is 13.7. The van der Waals surface area contributed by atoms with Gasteiger partial charge in [-0.25, -0.2) is 4.05 Å². The van der Waals surface area contributed by atoms with E-state index in [4.69, 9.17) is 0 Å². The zero-order valence-electron chi connectivity index (χ0n) is 17.9. The molecule has 30 heavy (non-hydrogen) atoms. The fourth-order valence-corrected chi connectivity index (χ4v) is 5.59. The van der Waals surface area contributed by atoms with Crippen molar-refractivity contribution in [2.45, 2.75) is 38.6 Å². The molecular formula is C21H32ClN3O4S. The van der Waals surface area contributed by atoms with Crippen LogP contribution in [0.2, 0.25) is 0 Å². The van der Waals surface area contributed by atoms with E-state index in [1.165, 1.54) is 0 Å². The van der Waals surface area contributed by atoms with Crippen molar-refractivity contribution in [3.63, 3.8) is 0 Å². The molecule has 2 aliphatic heterocycles. The summed E-state index contributed by atoms with van der Waals surface area (Å²) in [6.07, 6.45) is 5.33. The summed E-state index contributed by atoms with van der Waals surface area (Å²) >= 11 is 0. The predicted molar refractivity (Wildman–Crippen MR) is 122 cm³/mol. The number of benzene rings is 1. The monoisotopic (exact) mass is 457 g/mol. The number of carbonyl (C=O) groups is 1. The maximum absolute atomic E-state index is 13.2. The molecule has 7 nitrogen and oxygen atoms in total. The molecule has 0 N–H and O–H groups in total. The second kappa shape index (κ2) is 9.68. The third-order valence-corrected chi connectivity index (χ3v) is 7.48. The van der Waals surface area contributed by atoms with E-state index in [0.29, 0.717) is 25.1 Å². The Balaban J connectivity index is 0.00000320. The number of sulfonamides is 1. The summed E-state index contributed by atoms with van der Waals surface area (Å²) in [6.45, 7) is 3.09. The zero-order chi connectivity index (χ0) is 21.2. The number of hydroxylamine groups is 2. The molecule has 1 unspecified atom stereocenters. The highest BCUT2D eigenvalue weighted by molar-refractivity contribution is 7.85. The van der Waals surface area contributed by atoms with E-state index < -0.39 is 14.1 Å². The fourth-order valence-electron chi connectivity index (χ4n) is 4.56. The maximum atomic E-state index is 13.2. The standard InChI is InChI=1S/C21H31N3O4S.ClH/c1-4-9-17-16-24(26,29(3,27)28)19-13-15-23(21(17)19)20(25)12-8-14-22(2)18-10-6-5-7-11-18;/h5-7,10-11,13,17,21H,4,8-9,12,14-16H2,1-3H3;1H/t17-,21-,24?;/m1./s1. The van der Waals surface area contributed by atoms with Crippen molar-refractivity contribution in [1.29, 1.82) is 0 Å². The molecule has 3 atom stereocenters. The topological polar surface area (TPSA) is 80.7 Å². The summed E-state index contributed by atoms with van der Waals surface area (Å²) < 4.78 is 23.1. The van der Waals surface area contributed by atoms with Gasteiger partial charge in [0, 0.05) is 38.2 Å². The van der Waals surface area contributed by atoms with E-state index in [2.05, 4.69) is 4.90 Å². The highest BCUT2D eigenvalue weighted by atomic mass is 35.5. The first-order valence-electron chi connectivity index (χ1n) is 10.2. The summed E-state index contributed by atoms with van der Waals surface area (Å²) in [7, 11) is -1.85. The third-order valence-electron chi connectivity index (χ3n) is 6.05. The molecule has 0 radical (unpaired) electrons. The minimum atomic E-state index is -3.85. The number of hydrogen-bond acceptors (Lipinski definition) is 5. The fraction of sp³-hybridized carbons (Fsp3) is 0.571. The highest BCUT2D eigenvalue weighted by Crippen LogP contribution is 2.44. The molecule has 168 valence electrons. The Hall–Kier alpha value is -1.61. The number of nitrogens with zero attached hydrogens (tertiary/aromatic N) is 3. The van der Waals surface area contributed by atoms with E-state index in [-0.39, 0.29) is 36.8 Å². The Morgan fingerprint density at radius 1 is 1.30 bits per heavy atom. The van der Waals surface area contributed by atoms with E-state index in [1.807, 2.05) is 44.3 Å². The van der Waals surface area contributed by atoms with Crippen molar-refractivity contribution in [3.05, 3.63) is 47.3 Å². The normalized spacial score (nSPS) is 25.5. The van der Waals surface area contributed by atoms with E-state index in [9.17, 15) is 18.4 Å². The van der Waals surface area contributed by atoms with Gasteiger partial charge in [-0.2, -0.15) is 8.42 Å². The molecule has 9 heteroatoms. The van der Waals surface area contributed by atoms with Crippen LogP contribution in [0.1, 0.15) is 32.6 Å². The summed E-state index contributed by atoms with van der Waals surface area (Å²) in [6, 6.07) is 9.61. The van der Waals surface area contributed by atoms with Gasteiger partial charge in [0.1, 0.15) is 18.3 Å². The van der Waals surface area contributed by atoms with Crippen LogP contribution >= 0.6 is 12.4 Å². The smallest absolute Gasteiger partial charge is 0.298 e. The maximum Gasteiger partial charge on any atom is 0.298 e. The minimum Gasteiger partial charge on any atom is -0.611 e. The Morgan fingerprint density at radius 2 is 1.97 bits per heavy atom. The zero-order valence-corrected chi connectivity index (χ0v) is 19.5. The van der Waals surface area contributed by atoms with Crippen molar-refractivity contribution in [3.8, 4) is 0 Å². The number of rotatable bonds is 8. The predicted octanol–water partition coefficient (Wildman–Crippen LogP) is 3.12. The number of halogens is 1. The highest BCUT2D eigenvalue weighted by Gasteiger charge is 2.55. The Labute approximate surface area is 186 Å². The lowest BCUT2D eigenvalue weighted by Gasteiger charge is -2.35. The first-order valence-corrected chi connectivity index (χ1v) is 12.1. The molecule has 1 fully saturated rings. The molecule has 1 saturated heterocycles. The van der Waals surface area contributed by atoms with Crippen molar-refractivity contribution in [2.24, 2.45) is 5.92 Å². The van der Waals surface area contributed by atoms with Crippen molar-refractivity contribution in [1.82, 2.24) is 4.90 Å². The Bertz CT molecular complexity index is 877. The molecule has 1 aromatic carbocycles. The molecule has 0 bridgehead atoms. The van der Waals surface area contributed by atoms with Crippen LogP contribution < -0.4 is 4.90 Å². The number of fused-ring (bicyclic) bond motifs is 1. The average molecular weight is 458 g/mol. The van der Waals surface area contributed by atoms with Crippen LogP contribution in [-0.2, 0) is 14.8 Å². The van der Waals surface area contributed by atoms with Gasteiger partial charge in [0.25, 0.3) is 10.0 Å². The molecule has 0 aromatic heterocycles. The molecule has 0 spiro atoms. The third kappa shape index (κ3) is 4.66. The van der Waals surface area contributed by atoms with Crippen LogP contribution in [-0.4, -0.2) is 62.3 Å². The largest absolute Gasteiger partial charge is 0.611 e. The summed E-state index contributed by atoms with van der Waals surface area (Å²) in [5, 5.41) is 13.2. The van der Waals surface area contributed by atoms with Gasteiger partial charge in [0.2, 0.25) is 5.91 Å². The van der Waals surface area contributed by atoms with Crippen LogP contribution in [0.4, 0.5) is 5.69 Å². The number of quaternary nitrogens is 1. The van der Waals surface area contributed by atoms with Gasteiger partial charge in [0.15, 0.2) is 0 Å². The van der Waals surface area contributed by atoms with Gasteiger partial charge >= 0.3 is 0 Å². The Morgan fingerprint density at radius 3 is 2.57 bits per heavy atom. The summed E-state index contributed by atoms with van der Waals surface area (Å²) in [5.74, 6) is -0.123. The number of anilines is 1. The molecular weight excluding hydrogens is 426 g/mol. The molecule has 0 aliphatic carbocycles. The number of amides is 1. The average Bonchev–Trinajstić information content (AvgIpc) is 3.23. The SMILES string of the molecule is CCC[C@@H]1C[N+]([O-])(S(C)(=O)=O)C2=CCN(C(=O)CCCN(C)c3ccccc3)[C@@H]21.Cl. The van der Waals surface area contributed by atoms with Crippen molar-refractivity contribution >= 4 is 34.0 Å². The van der Waals surface area contributed by atoms with Crippen LogP contribution in [0.3, 0.4) is 0 Å². The van der Waals surface area contributed by atoms with Crippen LogP contribution in [0.25, 0.3) is 0 Å². The lowest BCUT2D eigenvalue weighted by Crippen LogP contribution is -2.44. The van der Waals surface area contributed by atoms with E-state index >= 15 is 0 Å². The van der Waals surface area contributed by atoms with E-state index in [0.717, 1.165) is 31.3 Å². The lowest BCUT2D eigenvalue weighted by atomic mass is 9.96. The minimum absolute atomic E-state index is 0. The molecule has 1 amide bonds. The Kier molecular flexibility index (Phi) is 7.96. The quantitative estimate of drug-likeness (QED) is 0.442. The first kappa shape index (κ1) is 24.7. The molecule has 3 rings (SSSR count). The lowest BCUT2D eigenvalue weighted by molar-refractivity contribution is -0.700. The van der Waals surface area contributed by atoms with Gasteiger partial charge in [0.05, 0.1) is 6.26 Å². The van der Waals surface area contributed by atoms with Gasteiger partial charge in [-0.1, -0.05) is 31.5 Å². The molecule has 2 heterocycles.